The summed E-state index contributed by atoms with van der Waals surface area (Å²) in [5.74, 6) is -1.24. The van der Waals surface area contributed by atoms with Gasteiger partial charge in [-0.1, -0.05) is 17.7 Å². The molecule has 1 aliphatic heterocycles. The van der Waals surface area contributed by atoms with Gasteiger partial charge < -0.3 is 14.8 Å². The van der Waals surface area contributed by atoms with Gasteiger partial charge in [-0.05, 0) is 55.8 Å². The number of hydrogen-bond donors (Lipinski definition) is 1. The molecule has 29 heavy (non-hydrogen) atoms. The lowest BCUT2D eigenvalue weighted by molar-refractivity contribution is -0.120. The normalized spacial score (nSPS) is 13.7. The number of methoxy groups -OCH3 is 1. The van der Waals surface area contributed by atoms with Gasteiger partial charge in [0, 0.05) is 0 Å². The topological polar surface area (TPSA) is 84.9 Å². The number of ether oxygens (including phenoxy) is 2. The van der Waals surface area contributed by atoms with E-state index >= 15 is 0 Å². The van der Waals surface area contributed by atoms with Crippen molar-refractivity contribution in [3.8, 4) is 5.75 Å². The van der Waals surface area contributed by atoms with E-state index < -0.39 is 17.8 Å². The van der Waals surface area contributed by atoms with Crippen molar-refractivity contribution in [2.75, 3.05) is 23.9 Å². The Balaban J connectivity index is 1.87. The molecule has 3 rings (SSSR count). The fourth-order valence-corrected chi connectivity index (χ4v) is 3.07. The van der Waals surface area contributed by atoms with Crippen molar-refractivity contribution in [2.24, 2.45) is 0 Å². The molecule has 0 unspecified atom stereocenters. The number of halogens is 1. The van der Waals surface area contributed by atoms with Gasteiger partial charge in [0.05, 0.1) is 30.7 Å². The van der Waals surface area contributed by atoms with Crippen LogP contribution >= 0.6 is 11.6 Å². The summed E-state index contributed by atoms with van der Waals surface area (Å²) in [6, 6.07) is 11.3. The molecule has 2 aromatic carbocycles. The number of esters is 1. The van der Waals surface area contributed by atoms with Crippen LogP contribution in [-0.4, -0.2) is 31.5 Å². The standard InChI is InChI=1S/C21H19ClN2O5/c1-4-29-21(27)13-6-8-14(9-7-13)24-19(25)17(22)18(20(24)26)23-15-11-12(2)5-10-16(15)28-3/h5-11,23H,4H2,1-3H3. The molecule has 2 aromatic rings. The Morgan fingerprint density at radius 1 is 1.10 bits per heavy atom. The summed E-state index contributed by atoms with van der Waals surface area (Å²) in [6.45, 7) is 3.85. The quantitative estimate of drug-likeness (QED) is 0.574. The lowest BCUT2D eigenvalue weighted by Gasteiger charge is -2.16. The lowest BCUT2D eigenvalue weighted by Crippen LogP contribution is -2.32. The van der Waals surface area contributed by atoms with Crippen molar-refractivity contribution in [1.82, 2.24) is 0 Å². The first-order chi connectivity index (χ1) is 13.9. The molecule has 1 heterocycles. The summed E-state index contributed by atoms with van der Waals surface area (Å²) in [7, 11) is 1.50. The predicted molar refractivity (Wildman–Crippen MR) is 109 cm³/mol. The van der Waals surface area contributed by atoms with E-state index in [-0.39, 0.29) is 17.3 Å². The van der Waals surface area contributed by atoms with E-state index in [9.17, 15) is 14.4 Å². The molecule has 0 bridgehead atoms. The number of nitrogens with one attached hydrogen (secondary N) is 1. The van der Waals surface area contributed by atoms with Crippen molar-refractivity contribution in [3.63, 3.8) is 0 Å². The summed E-state index contributed by atoms with van der Waals surface area (Å²) in [5.41, 5.74) is 2.01. The van der Waals surface area contributed by atoms with Crippen molar-refractivity contribution in [1.29, 1.82) is 0 Å². The minimum Gasteiger partial charge on any atom is -0.495 e. The number of nitrogens with zero attached hydrogens (tertiary/aromatic N) is 1. The number of carbonyl (C=O) groups excluding carboxylic acids is 3. The van der Waals surface area contributed by atoms with Gasteiger partial charge in [-0.15, -0.1) is 0 Å². The molecular weight excluding hydrogens is 396 g/mol. The van der Waals surface area contributed by atoms with Gasteiger partial charge in [0.1, 0.15) is 16.5 Å². The van der Waals surface area contributed by atoms with Crippen molar-refractivity contribution >= 4 is 40.8 Å². The third-order valence-corrected chi connectivity index (χ3v) is 4.63. The fraction of sp³-hybridized carbons (Fsp3) is 0.190. The van der Waals surface area contributed by atoms with Crippen LogP contribution < -0.4 is 15.0 Å². The number of imide groups is 1. The average molecular weight is 415 g/mol. The van der Waals surface area contributed by atoms with E-state index in [0.717, 1.165) is 10.5 Å². The second-order valence-corrected chi connectivity index (χ2v) is 6.61. The largest absolute Gasteiger partial charge is 0.495 e. The Hall–Kier alpha value is -3.32. The van der Waals surface area contributed by atoms with Gasteiger partial charge in [0.25, 0.3) is 11.8 Å². The molecule has 2 amide bonds. The highest BCUT2D eigenvalue weighted by atomic mass is 35.5. The van der Waals surface area contributed by atoms with E-state index in [1.54, 1.807) is 19.1 Å². The molecular formula is C21H19ClN2O5. The van der Waals surface area contributed by atoms with Crippen LogP contribution in [0.2, 0.25) is 0 Å². The molecule has 150 valence electrons. The Bertz CT molecular complexity index is 1010. The van der Waals surface area contributed by atoms with E-state index in [2.05, 4.69) is 5.32 Å². The molecule has 0 fully saturated rings. The molecule has 0 atom stereocenters. The molecule has 1 N–H and O–H groups in total. The van der Waals surface area contributed by atoms with E-state index in [0.29, 0.717) is 22.7 Å². The molecule has 0 saturated carbocycles. The SMILES string of the molecule is CCOC(=O)c1ccc(N2C(=O)C(Cl)=C(Nc3cc(C)ccc3OC)C2=O)cc1. The molecule has 0 radical (unpaired) electrons. The number of carbonyl (C=O) groups is 3. The van der Waals surface area contributed by atoms with Crippen LogP contribution in [0.3, 0.4) is 0 Å². The highest BCUT2D eigenvalue weighted by Crippen LogP contribution is 2.33. The number of anilines is 2. The van der Waals surface area contributed by atoms with Crippen LogP contribution in [0.1, 0.15) is 22.8 Å². The van der Waals surface area contributed by atoms with Crippen molar-refractivity contribution in [2.45, 2.75) is 13.8 Å². The van der Waals surface area contributed by atoms with Crippen LogP contribution in [0.4, 0.5) is 11.4 Å². The van der Waals surface area contributed by atoms with Gasteiger partial charge >= 0.3 is 5.97 Å². The summed E-state index contributed by atoms with van der Waals surface area (Å²) >= 11 is 6.17. The van der Waals surface area contributed by atoms with Gasteiger partial charge in [0.2, 0.25) is 0 Å². The third-order valence-electron chi connectivity index (χ3n) is 4.28. The molecule has 0 spiro atoms. The van der Waals surface area contributed by atoms with Gasteiger partial charge in [-0.2, -0.15) is 0 Å². The molecule has 8 heteroatoms. The van der Waals surface area contributed by atoms with Crippen LogP contribution in [0.25, 0.3) is 0 Å². The molecule has 1 aliphatic rings. The summed E-state index contributed by atoms with van der Waals surface area (Å²) in [5, 5.41) is 2.69. The van der Waals surface area contributed by atoms with Crippen molar-refractivity contribution in [3.05, 3.63) is 64.3 Å². The first-order valence-corrected chi connectivity index (χ1v) is 9.22. The number of amides is 2. The Morgan fingerprint density at radius 3 is 2.41 bits per heavy atom. The van der Waals surface area contributed by atoms with Crippen molar-refractivity contribution < 1.29 is 23.9 Å². The molecule has 0 aromatic heterocycles. The summed E-state index contributed by atoms with van der Waals surface area (Å²) in [4.78, 5) is 38.2. The minimum absolute atomic E-state index is 0.0463. The highest BCUT2D eigenvalue weighted by Gasteiger charge is 2.39. The van der Waals surface area contributed by atoms with Gasteiger partial charge in [0.15, 0.2) is 0 Å². The zero-order valence-electron chi connectivity index (χ0n) is 16.1. The Morgan fingerprint density at radius 2 is 1.79 bits per heavy atom. The fourth-order valence-electron chi connectivity index (χ4n) is 2.86. The van der Waals surface area contributed by atoms with E-state index in [4.69, 9.17) is 21.1 Å². The smallest absolute Gasteiger partial charge is 0.338 e. The van der Waals surface area contributed by atoms with Gasteiger partial charge in [-0.3, -0.25) is 9.59 Å². The zero-order valence-corrected chi connectivity index (χ0v) is 16.9. The first-order valence-electron chi connectivity index (χ1n) is 8.84. The minimum atomic E-state index is -0.658. The molecule has 0 aliphatic carbocycles. The highest BCUT2D eigenvalue weighted by molar-refractivity contribution is 6.53. The average Bonchev–Trinajstić information content (AvgIpc) is 2.92. The summed E-state index contributed by atoms with van der Waals surface area (Å²) in [6.07, 6.45) is 0. The number of hydrogen-bond acceptors (Lipinski definition) is 6. The van der Waals surface area contributed by atoms with Crippen LogP contribution in [0, 0.1) is 6.92 Å². The first kappa shape index (κ1) is 20.4. The monoisotopic (exact) mass is 414 g/mol. The van der Waals surface area contributed by atoms with E-state index in [1.165, 1.54) is 31.4 Å². The maximum atomic E-state index is 12.9. The molecule has 7 nitrogen and oxygen atoms in total. The van der Waals surface area contributed by atoms with E-state index in [1.807, 2.05) is 13.0 Å². The predicted octanol–water partition coefficient (Wildman–Crippen LogP) is 3.62. The number of aryl methyl sites for hydroxylation is 1. The number of benzene rings is 2. The Kier molecular flexibility index (Phi) is 5.89. The second kappa shape index (κ2) is 8.36. The zero-order chi connectivity index (χ0) is 21.1. The lowest BCUT2D eigenvalue weighted by atomic mass is 10.2. The van der Waals surface area contributed by atoms with Crippen LogP contribution in [-0.2, 0) is 14.3 Å². The second-order valence-electron chi connectivity index (χ2n) is 6.23. The summed E-state index contributed by atoms with van der Waals surface area (Å²) < 4.78 is 10.2. The number of rotatable bonds is 6. The maximum Gasteiger partial charge on any atom is 0.338 e. The van der Waals surface area contributed by atoms with Crippen LogP contribution in [0.5, 0.6) is 5.75 Å². The third kappa shape index (κ3) is 3.95. The molecule has 0 saturated heterocycles. The maximum absolute atomic E-state index is 12.9. The Labute approximate surface area is 172 Å². The van der Waals surface area contributed by atoms with Crippen LogP contribution in [0.15, 0.2) is 53.2 Å². The van der Waals surface area contributed by atoms with Gasteiger partial charge in [-0.25, -0.2) is 9.69 Å².